The van der Waals surface area contributed by atoms with Crippen LogP contribution in [0.4, 0.5) is 5.69 Å². The van der Waals surface area contributed by atoms with Gasteiger partial charge in [0.05, 0.1) is 13.2 Å². The lowest BCUT2D eigenvalue weighted by Gasteiger charge is -2.29. The predicted octanol–water partition coefficient (Wildman–Crippen LogP) is 1.89. The second-order valence-corrected chi connectivity index (χ2v) is 4.87. The number of hydrogen-bond donors (Lipinski definition) is 0. The van der Waals surface area contributed by atoms with E-state index >= 15 is 0 Å². The highest BCUT2D eigenvalue weighted by Crippen LogP contribution is 2.17. The van der Waals surface area contributed by atoms with Gasteiger partial charge in [-0.05, 0) is 17.7 Å². The van der Waals surface area contributed by atoms with Crippen LogP contribution in [-0.2, 0) is 16.1 Å². The second kappa shape index (κ2) is 6.57. The van der Waals surface area contributed by atoms with Crippen LogP contribution in [0, 0.1) is 0 Å². The van der Waals surface area contributed by atoms with E-state index in [1.54, 1.807) is 4.90 Å². The molecule has 1 aliphatic heterocycles. The maximum Gasteiger partial charge on any atom is 0.222 e. The topological polar surface area (TPSA) is 32.8 Å². The molecule has 1 amide bonds. The molecule has 2 rings (SSSR count). The number of morpholine rings is 1. The van der Waals surface area contributed by atoms with E-state index in [1.165, 1.54) is 11.3 Å². The lowest BCUT2D eigenvalue weighted by atomic mass is 10.1. The lowest BCUT2D eigenvalue weighted by molar-refractivity contribution is -0.130. The summed E-state index contributed by atoms with van der Waals surface area (Å²) in [6, 6.07) is 8.46. The third-order valence-electron chi connectivity index (χ3n) is 3.46. The van der Waals surface area contributed by atoms with E-state index in [2.05, 4.69) is 29.2 Å². The van der Waals surface area contributed by atoms with E-state index in [0.717, 1.165) is 26.3 Å². The van der Waals surface area contributed by atoms with Gasteiger partial charge in [-0.15, -0.1) is 0 Å². The first-order valence-electron chi connectivity index (χ1n) is 6.86. The molecule has 1 fully saturated rings. The van der Waals surface area contributed by atoms with Gasteiger partial charge >= 0.3 is 0 Å². The zero-order valence-electron chi connectivity index (χ0n) is 11.8. The Labute approximate surface area is 115 Å². The maximum absolute atomic E-state index is 11.5. The second-order valence-electron chi connectivity index (χ2n) is 4.87. The molecule has 1 aliphatic rings. The predicted molar refractivity (Wildman–Crippen MR) is 76.2 cm³/mol. The number of ether oxygens (including phenoxy) is 1. The van der Waals surface area contributed by atoms with Crippen LogP contribution >= 0.6 is 0 Å². The minimum Gasteiger partial charge on any atom is -0.378 e. The molecule has 0 unspecified atom stereocenters. The summed E-state index contributed by atoms with van der Waals surface area (Å²) in [7, 11) is 1.85. The van der Waals surface area contributed by atoms with Gasteiger partial charge in [0.15, 0.2) is 0 Å². The highest BCUT2D eigenvalue weighted by Gasteiger charge is 2.11. The van der Waals surface area contributed by atoms with Crippen LogP contribution in [0.5, 0.6) is 0 Å². The molecule has 1 aromatic carbocycles. The Hall–Kier alpha value is -1.55. The fraction of sp³-hybridized carbons (Fsp3) is 0.533. The average molecular weight is 262 g/mol. The quantitative estimate of drug-likeness (QED) is 0.830. The van der Waals surface area contributed by atoms with Crippen molar-refractivity contribution < 1.29 is 9.53 Å². The maximum atomic E-state index is 11.5. The number of benzene rings is 1. The zero-order valence-corrected chi connectivity index (χ0v) is 11.8. The van der Waals surface area contributed by atoms with Gasteiger partial charge in [-0.25, -0.2) is 0 Å². The van der Waals surface area contributed by atoms with Crippen molar-refractivity contribution in [2.24, 2.45) is 0 Å². The van der Waals surface area contributed by atoms with Crippen LogP contribution in [-0.4, -0.2) is 44.2 Å². The molecule has 0 radical (unpaired) electrons. The molecule has 104 valence electrons. The first kappa shape index (κ1) is 13.9. The van der Waals surface area contributed by atoms with Crippen LogP contribution in [0.3, 0.4) is 0 Å². The molecule has 0 saturated carbocycles. The van der Waals surface area contributed by atoms with E-state index in [4.69, 9.17) is 4.74 Å². The third kappa shape index (κ3) is 3.70. The van der Waals surface area contributed by atoms with Crippen molar-refractivity contribution >= 4 is 11.6 Å². The molecule has 0 aliphatic carbocycles. The van der Waals surface area contributed by atoms with Crippen molar-refractivity contribution in [1.29, 1.82) is 0 Å². The molecule has 1 aromatic rings. The van der Waals surface area contributed by atoms with Crippen LogP contribution in [0.1, 0.15) is 18.9 Å². The summed E-state index contributed by atoms with van der Waals surface area (Å²) >= 11 is 0. The summed E-state index contributed by atoms with van der Waals surface area (Å²) in [5.41, 5.74) is 2.40. The fourth-order valence-electron chi connectivity index (χ4n) is 2.27. The lowest BCUT2D eigenvalue weighted by Crippen LogP contribution is -2.36. The van der Waals surface area contributed by atoms with Crippen molar-refractivity contribution in [2.75, 3.05) is 38.3 Å². The summed E-state index contributed by atoms with van der Waals surface area (Å²) in [5, 5.41) is 0. The Morgan fingerprint density at radius 2 is 1.89 bits per heavy atom. The summed E-state index contributed by atoms with van der Waals surface area (Å²) in [6.45, 7) is 6.07. The van der Waals surface area contributed by atoms with E-state index in [-0.39, 0.29) is 5.91 Å². The van der Waals surface area contributed by atoms with Gasteiger partial charge in [0.25, 0.3) is 0 Å². The number of amides is 1. The minimum atomic E-state index is 0.178. The van der Waals surface area contributed by atoms with Crippen LogP contribution in [0.15, 0.2) is 24.3 Å². The van der Waals surface area contributed by atoms with E-state index in [9.17, 15) is 4.79 Å². The van der Waals surface area contributed by atoms with Crippen LogP contribution < -0.4 is 4.90 Å². The van der Waals surface area contributed by atoms with Gasteiger partial charge in [-0.2, -0.15) is 0 Å². The van der Waals surface area contributed by atoms with Gasteiger partial charge in [0, 0.05) is 38.8 Å². The number of carbonyl (C=O) groups is 1. The molecule has 0 N–H and O–H groups in total. The first-order valence-corrected chi connectivity index (χ1v) is 6.86. The Balaban J connectivity index is 1.96. The Bertz CT molecular complexity index is 411. The molecule has 0 spiro atoms. The SMILES string of the molecule is CCC(=O)N(C)Cc1ccc(N2CCOCC2)cc1. The van der Waals surface area contributed by atoms with E-state index in [1.807, 2.05) is 14.0 Å². The molecule has 1 saturated heterocycles. The number of anilines is 1. The number of rotatable bonds is 4. The first-order chi connectivity index (χ1) is 9.20. The molecular formula is C15H22N2O2. The third-order valence-corrected chi connectivity index (χ3v) is 3.46. The molecule has 1 heterocycles. The van der Waals surface area contributed by atoms with Crippen molar-refractivity contribution in [3.8, 4) is 0 Å². The number of nitrogens with zero attached hydrogens (tertiary/aromatic N) is 2. The molecule has 4 heteroatoms. The normalized spacial score (nSPS) is 15.4. The molecule has 4 nitrogen and oxygen atoms in total. The largest absolute Gasteiger partial charge is 0.378 e. The van der Waals surface area contributed by atoms with Gasteiger partial charge in [0.2, 0.25) is 5.91 Å². The summed E-state index contributed by atoms with van der Waals surface area (Å²) in [5.74, 6) is 0.178. The van der Waals surface area contributed by atoms with Gasteiger partial charge < -0.3 is 14.5 Å². The molecule has 0 aromatic heterocycles. The van der Waals surface area contributed by atoms with Crippen molar-refractivity contribution in [3.05, 3.63) is 29.8 Å². The minimum absolute atomic E-state index is 0.178. The summed E-state index contributed by atoms with van der Waals surface area (Å²) in [4.78, 5) is 15.6. The number of carbonyl (C=O) groups excluding carboxylic acids is 1. The average Bonchev–Trinajstić information content (AvgIpc) is 2.48. The Kier molecular flexibility index (Phi) is 4.80. The zero-order chi connectivity index (χ0) is 13.7. The highest BCUT2D eigenvalue weighted by atomic mass is 16.5. The highest BCUT2D eigenvalue weighted by molar-refractivity contribution is 5.75. The number of hydrogen-bond acceptors (Lipinski definition) is 3. The standard InChI is InChI=1S/C15H22N2O2/c1-3-15(18)16(2)12-13-4-6-14(7-5-13)17-8-10-19-11-9-17/h4-7H,3,8-12H2,1-2H3. The summed E-state index contributed by atoms with van der Waals surface area (Å²) in [6.07, 6.45) is 0.558. The van der Waals surface area contributed by atoms with E-state index < -0.39 is 0 Å². The van der Waals surface area contributed by atoms with Gasteiger partial charge in [-0.3, -0.25) is 4.79 Å². The van der Waals surface area contributed by atoms with Crippen molar-refractivity contribution in [2.45, 2.75) is 19.9 Å². The van der Waals surface area contributed by atoms with Crippen molar-refractivity contribution in [3.63, 3.8) is 0 Å². The van der Waals surface area contributed by atoms with Crippen molar-refractivity contribution in [1.82, 2.24) is 4.90 Å². The molecular weight excluding hydrogens is 240 g/mol. The summed E-state index contributed by atoms with van der Waals surface area (Å²) < 4.78 is 5.35. The van der Waals surface area contributed by atoms with Gasteiger partial charge in [0.1, 0.15) is 0 Å². The Morgan fingerprint density at radius 3 is 2.47 bits per heavy atom. The van der Waals surface area contributed by atoms with Crippen LogP contribution in [0.25, 0.3) is 0 Å². The van der Waals surface area contributed by atoms with E-state index in [0.29, 0.717) is 13.0 Å². The Morgan fingerprint density at radius 1 is 1.26 bits per heavy atom. The monoisotopic (exact) mass is 262 g/mol. The molecule has 19 heavy (non-hydrogen) atoms. The van der Waals surface area contributed by atoms with Crippen LogP contribution in [0.2, 0.25) is 0 Å². The molecule has 0 bridgehead atoms. The van der Waals surface area contributed by atoms with Gasteiger partial charge in [-0.1, -0.05) is 19.1 Å². The molecule has 0 atom stereocenters. The fourth-order valence-corrected chi connectivity index (χ4v) is 2.27. The smallest absolute Gasteiger partial charge is 0.222 e.